The Morgan fingerprint density at radius 2 is 1.50 bits per heavy atom. The molecule has 0 spiro atoms. The summed E-state index contributed by atoms with van der Waals surface area (Å²) < 4.78 is 11.2. The molecule has 78 valence electrons. The molecule has 5 heteroatoms. The van der Waals surface area contributed by atoms with Gasteiger partial charge in [0.2, 0.25) is 0 Å². The lowest BCUT2D eigenvalue weighted by atomic mass is 10.1. The maximum atomic E-state index is 11.2. The molecule has 0 fully saturated rings. The van der Waals surface area contributed by atoms with Gasteiger partial charge in [-0.15, -0.1) is 0 Å². The van der Waals surface area contributed by atoms with E-state index in [4.69, 9.17) is 9.79 Å². The molecule has 1 heterocycles. The topological polar surface area (TPSA) is 70.4 Å². The molecule has 1 aromatic rings. The summed E-state index contributed by atoms with van der Waals surface area (Å²) in [6, 6.07) is 0. The molecule has 0 aromatic carbocycles. The normalized spacial score (nSPS) is 11.9. The third-order valence-electron chi connectivity index (χ3n) is 2.43. The van der Waals surface area contributed by atoms with Crippen molar-refractivity contribution < 1.29 is 14.4 Å². The van der Waals surface area contributed by atoms with Gasteiger partial charge in [-0.1, -0.05) is 0 Å². The van der Waals surface area contributed by atoms with E-state index in [0.29, 0.717) is 11.3 Å². The number of hydrogen-bond donors (Lipinski definition) is 2. The zero-order chi connectivity index (χ0) is 11.1. The molecule has 0 aliphatic heterocycles. The summed E-state index contributed by atoms with van der Waals surface area (Å²) in [5, 5.41) is 0.0700. The van der Waals surface area contributed by atoms with E-state index in [1.165, 1.54) is 0 Å². The Morgan fingerprint density at radius 1 is 1.00 bits per heavy atom. The highest BCUT2D eigenvalue weighted by Gasteiger charge is 2.24. The van der Waals surface area contributed by atoms with Crippen LogP contribution in [0.3, 0.4) is 0 Å². The fourth-order valence-corrected chi connectivity index (χ4v) is 2.61. The fraction of sp³-hybridized carbons (Fsp3) is 0.444. The van der Waals surface area contributed by atoms with Crippen LogP contribution in [-0.4, -0.2) is 14.8 Å². The molecule has 0 bridgehead atoms. The van der Waals surface area contributed by atoms with Gasteiger partial charge in [0.1, 0.15) is 0 Å². The maximum absolute atomic E-state index is 11.2. The predicted molar refractivity (Wildman–Crippen MR) is 54.9 cm³/mol. The largest absolute Gasteiger partial charge is 0.358 e. The molecular weight excluding hydrogens is 201 g/mol. The zero-order valence-electron chi connectivity index (χ0n) is 8.70. The highest BCUT2D eigenvalue weighted by Crippen LogP contribution is 2.36. The minimum atomic E-state index is -4.20. The Kier molecular flexibility index (Phi) is 2.81. The van der Waals surface area contributed by atoms with Gasteiger partial charge in [0, 0.05) is 5.69 Å². The lowest BCUT2D eigenvalue weighted by molar-refractivity contribution is 0.387. The number of aryl methyl sites for hydroxylation is 2. The van der Waals surface area contributed by atoms with Crippen molar-refractivity contribution in [3.05, 3.63) is 22.5 Å². The lowest BCUT2D eigenvalue weighted by Gasteiger charge is -2.14. The molecule has 0 radical (unpaired) electrons. The van der Waals surface area contributed by atoms with Crippen LogP contribution in [0.1, 0.15) is 22.5 Å². The van der Waals surface area contributed by atoms with Crippen molar-refractivity contribution in [2.75, 3.05) is 0 Å². The first-order chi connectivity index (χ1) is 6.25. The first kappa shape index (κ1) is 11.4. The summed E-state index contributed by atoms with van der Waals surface area (Å²) in [5.41, 5.74) is 2.72. The average Bonchev–Trinajstić information content (AvgIpc) is 1.97. The second kappa shape index (κ2) is 3.46. The molecule has 14 heavy (non-hydrogen) atoms. The number of rotatable bonds is 1. The van der Waals surface area contributed by atoms with E-state index in [1.807, 2.05) is 13.8 Å². The first-order valence-electron chi connectivity index (χ1n) is 4.25. The highest BCUT2D eigenvalue weighted by atomic mass is 31.2. The summed E-state index contributed by atoms with van der Waals surface area (Å²) in [7, 11) is -4.20. The Morgan fingerprint density at radius 3 is 1.93 bits per heavy atom. The van der Waals surface area contributed by atoms with E-state index in [-0.39, 0.29) is 5.30 Å². The van der Waals surface area contributed by atoms with Gasteiger partial charge in [-0.25, -0.2) is 0 Å². The fourth-order valence-electron chi connectivity index (χ4n) is 1.54. The van der Waals surface area contributed by atoms with Gasteiger partial charge >= 0.3 is 7.60 Å². The highest BCUT2D eigenvalue weighted by molar-refractivity contribution is 7.60. The van der Waals surface area contributed by atoms with E-state index >= 15 is 0 Å². The van der Waals surface area contributed by atoms with E-state index in [0.717, 1.165) is 11.3 Å². The van der Waals surface area contributed by atoms with Crippen LogP contribution in [0.25, 0.3) is 0 Å². The van der Waals surface area contributed by atoms with Crippen molar-refractivity contribution in [3.8, 4) is 0 Å². The number of nitrogens with zero attached hydrogens (tertiary/aromatic N) is 1. The molecule has 0 atom stereocenters. The monoisotopic (exact) mass is 215 g/mol. The summed E-state index contributed by atoms with van der Waals surface area (Å²) >= 11 is 0. The molecule has 4 nitrogen and oxygen atoms in total. The van der Waals surface area contributed by atoms with Crippen molar-refractivity contribution in [2.45, 2.75) is 27.7 Å². The summed E-state index contributed by atoms with van der Waals surface area (Å²) in [6.45, 7) is 6.98. The molecule has 0 aliphatic carbocycles. The SMILES string of the molecule is Cc1nc(C)c(P(=O)(O)O)c(C)c1C. The molecule has 0 aliphatic rings. The van der Waals surface area contributed by atoms with Crippen LogP contribution in [0.15, 0.2) is 0 Å². The smallest absolute Gasteiger partial charge is 0.321 e. The van der Waals surface area contributed by atoms with Crippen LogP contribution in [-0.2, 0) is 4.57 Å². The number of hydrogen-bond acceptors (Lipinski definition) is 2. The molecular formula is C9H14NO3P. The first-order valence-corrected chi connectivity index (χ1v) is 5.87. The maximum Gasteiger partial charge on any atom is 0.358 e. The van der Waals surface area contributed by atoms with Crippen molar-refractivity contribution in [1.29, 1.82) is 0 Å². The Bertz CT molecular complexity index is 423. The lowest BCUT2D eigenvalue weighted by Crippen LogP contribution is -2.17. The van der Waals surface area contributed by atoms with Gasteiger partial charge in [0.15, 0.2) is 0 Å². The van der Waals surface area contributed by atoms with Crippen molar-refractivity contribution in [1.82, 2.24) is 4.98 Å². The molecule has 1 aromatic heterocycles. The van der Waals surface area contributed by atoms with Gasteiger partial charge in [0.05, 0.1) is 11.0 Å². The van der Waals surface area contributed by atoms with Crippen molar-refractivity contribution >= 4 is 12.9 Å². The molecule has 0 amide bonds. The van der Waals surface area contributed by atoms with Crippen LogP contribution in [0, 0.1) is 27.7 Å². The predicted octanol–water partition coefficient (Wildman–Crippen LogP) is 1.12. The minimum absolute atomic E-state index is 0.0700. The van der Waals surface area contributed by atoms with Gasteiger partial charge in [0.25, 0.3) is 0 Å². The minimum Gasteiger partial charge on any atom is -0.321 e. The van der Waals surface area contributed by atoms with Crippen LogP contribution in [0.5, 0.6) is 0 Å². The van der Waals surface area contributed by atoms with Gasteiger partial charge < -0.3 is 9.79 Å². The molecule has 0 unspecified atom stereocenters. The third kappa shape index (κ3) is 1.87. The zero-order valence-corrected chi connectivity index (χ0v) is 9.59. The molecule has 1 rings (SSSR count). The van der Waals surface area contributed by atoms with Crippen molar-refractivity contribution in [2.24, 2.45) is 0 Å². The molecule has 0 saturated heterocycles. The second-order valence-electron chi connectivity index (χ2n) is 3.43. The van der Waals surface area contributed by atoms with E-state index < -0.39 is 7.60 Å². The molecule has 2 N–H and O–H groups in total. The van der Waals surface area contributed by atoms with E-state index in [2.05, 4.69) is 4.98 Å². The Balaban J connectivity index is 3.61. The van der Waals surface area contributed by atoms with Crippen LogP contribution < -0.4 is 5.30 Å². The Hall–Kier alpha value is -0.700. The van der Waals surface area contributed by atoms with Crippen LogP contribution >= 0.6 is 7.60 Å². The van der Waals surface area contributed by atoms with E-state index in [9.17, 15) is 4.57 Å². The Labute approximate surface area is 83.2 Å². The van der Waals surface area contributed by atoms with Crippen molar-refractivity contribution in [3.63, 3.8) is 0 Å². The molecule has 0 saturated carbocycles. The van der Waals surface area contributed by atoms with E-state index in [1.54, 1.807) is 13.8 Å². The van der Waals surface area contributed by atoms with Crippen LogP contribution in [0.4, 0.5) is 0 Å². The summed E-state index contributed by atoms with van der Waals surface area (Å²) in [4.78, 5) is 22.4. The summed E-state index contributed by atoms with van der Waals surface area (Å²) in [6.07, 6.45) is 0. The quantitative estimate of drug-likeness (QED) is 0.688. The van der Waals surface area contributed by atoms with Gasteiger partial charge in [-0.3, -0.25) is 9.55 Å². The van der Waals surface area contributed by atoms with Crippen LogP contribution in [0.2, 0.25) is 0 Å². The summed E-state index contributed by atoms with van der Waals surface area (Å²) in [5.74, 6) is 0. The standard InChI is InChI=1S/C9H14NO3P/c1-5-6(2)9(14(11,12)13)8(4)10-7(5)3/h1-4H3,(H2,11,12,13). The third-order valence-corrected chi connectivity index (χ3v) is 3.67. The number of aromatic nitrogens is 1. The van der Waals surface area contributed by atoms with Gasteiger partial charge in [-0.2, -0.15) is 0 Å². The number of pyridine rings is 1. The average molecular weight is 215 g/mol. The van der Waals surface area contributed by atoms with Gasteiger partial charge in [-0.05, 0) is 38.8 Å². The second-order valence-corrected chi connectivity index (χ2v) is 4.96.